The summed E-state index contributed by atoms with van der Waals surface area (Å²) in [7, 11) is 3.28. The number of morpholine rings is 1. The van der Waals surface area contributed by atoms with E-state index in [1.54, 1.807) is 31.2 Å². The first-order valence-corrected chi connectivity index (χ1v) is 8.96. The van der Waals surface area contributed by atoms with Crippen LogP contribution in [0.2, 0.25) is 0 Å². The van der Waals surface area contributed by atoms with E-state index in [9.17, 15) is 4.79 Å². The number of nitrogens with two attached hydrogens (primary N) is 1. The first kappa shape index (κ1) is 18.1. The van der Waals surface area contributed by atoms with Crippen LogP contribution in [0.3, 0.4) is 0 Å². The molecule has 3 heterocycles. The highest BCUT2D eigenvalue weighted by molar-refractivity contribution is 6.13. The third-order valence-electron chi connectivity index (χ3n) is 4.84. The maximum atomic E-state index is 12.7. The van der Waals surface area contributed by atoms with Crippen molar-refractivity contribution in [3.05, 3.63) is 40.6 Å². The van der Waals surface area contributed by atoms with Gasteiger partial charge in [0.15, 0.2) is 0 Å². The summed E-state index contributed by atoms with van der Waals surface area (Å²) in [5.74, 6) is 0.631. The number of benzene rings is 1. The number of allylic oxidation sites excluding steroid dienone is 1. The molecule has 0 bridgehead atoms. The lowest BCUT2D eigenvalue weighted by Crippen LogP contribution is -2.48. The highest BCUT2D eigenvalue weighted by Crippen LogP contribution is 2.32. The van der Waals surface area contributed by atoms with Gasteiger partial charge in [0.25, 0.3) is 0 Å². The number of nitrogens with zero attached hydrogens (tertiary/aromatic N) is 4. The summed E-state index contributed by atoms with van der Waals surface area (Å²) in [5, 5.41) is 2.81. The number of nitrogens with one attached hydrogen (secondary N) is 1. The van der Waals surface area contributed by atoms with Gasteiger partial charge in [-0.1, -0.05) is 0 Å². The zero-order valence-electron chi connectivity index (χ0n) is 15.8. The molecule has 0 amide bonds. The number of ether oxygens (including phenoxy) is 2. The van der Waals surface area contributed by atoms with Gasteiger partial charge in [-0.15, -0.1) is 0 Å². The molecule has 1 aliphatic heterocycles. The fraction of sp³-hybridized carbons (Fsp3) is 0.316. The zero-order valence-corrected chi connectivity index (χ0v) is 15.8. The van der Waals surface area contributed by atoms with Gasteiger partial charge in [-0.25, -0.2) is 9.47 Å². The van der Waals surface area contributed by atoms with Gasteiger partial charge in [-0.3, -0.25) is 9.98 Å². The summed E-state index contributed by atoms with van der Waals surface area (Å²) < 4.78 is 12.7. The standard InChI is InChI=1S/C19H22N6O3/c1-21-10-12(9-20)13-7-14-15(8-17(13)27-2)22-11-16-18(14)25(19(26)23-16)24-3-5-28-6-4-24/h7-11H,3-6,20H2,1-2H3,(H,23,26). The maximum Gasteiger partial charge on any atom is 0.345 e. The Morgan fingerprint density at radius 1 is 1.39 bits per heavy atom. The first-order valence-electron chi connectivity index (χ1n) is 8.96. The van der Waals surface area contributed by atoms with E-state index in [0.29, 0.717) is 43.1 Å². The number of H-pyrrole nitrogens is 1. The minimum absolute atomic E-state index is 0.201. The molecule has 3 aromatic rings. The van der Waals surface area contributed by atoms with E-state index in [1.807, 2.05) is 17.1 Å². The molecule has 1 aliphatic rings. The Balaban J connectivity index is 2.04. The second kappa shape index (κ2) is 7.35. The van der Waals surface area contributed by atoms with Crippen LogP contribution in [0.5, 0.6) is 5.75 Å². The monoisotopic (exact) mass is 382 g/mol. The molecule has 0 radical (unpaired) electrons. The van der Waals surface area contributed by atoms with Crippen molar-refractivity contribution in [1.82, 2.24) is 14.6 Å². The predicted octanol–water partition coefficient (Wildman–Crippen LogP) is 0.855. The van der Waals surface area contributed by atoms with Crippen LogP contribution in [0.25, 0.3) is 27.5 Å². The van der Waals surface area contributed by atoms with Crippen LogP contribution < -0.4 is 21.2 Å². The van der Waals surface area contributed by atoms with E-state index < -0.39 is 0 Å². The molecular weight excluding hydrogens is 360 g/mol. The number of pyridine rings is 1. The average molecular weight is 382 g/mol. The number of aromatic nitrogens is 3. The molecule has 0 saturated carbocycles. The van der Waals surface area contributed by atoms with Crippen molar-refractivity contribution in [3.8, 4) is 5.75 Å². The summed E-state index contributed by atoms with van der Waals surface area (Å²) in [6.07, 6.45) is 4.82. The molecule has 28 heavy (non-hydrogen) atoms. The predicted molar refractivity (Wildman–Crippen MR) is 110 cm³/mol. The summed E-state index contributed by atoms with van der Waals surface area (Å²) in [5.41, 5.74) is 9.27. The third-order valence-corrected chi connectivity index (χ3v) is 4.84. The van der Waals surface area contributed by atoms with Gasteiger partial charge in [0.05, 0.1) is 50.6 Å². The van der Waals surface area contributed by atoms with E-state index in [1.165, 1.54) is 6.20 Å². The Morgan fingerprint density at radius 2 is 2.18 bits per heavy atom. The van der Waals surface area contributed by atoms with Gasteiger partial charge in [-0.05, 0) is 6.07 Å². The molecule has 0 spiro atoms. The van der Waals surface area contributed by atoms with E-state index >= 15 is 0 Å². The van der Waals surface area contributed by atoms with Gasteiger partial charge in [-0.2, -0.15) is 0 Å². The molecule has 0 aliphatic carbocycles. The third kappa shape index (κ3) is 2.89. The van der Waals surface area contributed by atoms with Crippen LogP contribution in [0.4, 0.5) is 0 Å². The molecule has 1 aromatic carbocycles. The molecule has 4 rings (SSSR count). The molecule has 2 aromatic heterocycles. The molecule has 0 atom stereocenters. The summed E-state index contributed by atoms with van der Waals surface area (Å²) in [6.45, 7) is 2.43. The molecular formula is C19H22N6O3. The molecule has 9 nitrogen and oxygen atoms in total. The van der Waals surface area contributed by atoms with Crippen molar-refractivity contribution in [2.45, 2.75) is 0 Å². The van der Waals surface area contributed by atoms with Crippen LogP contribution in [-0.2, 0) is 4.74 Å². The molecule has 146 valence electrons. The van der Waals surface area contributed by atoms with Gasteiger partial charge in [0.1, 0.15) is 11.3 Å². The number of hydrogen-bond donors (Lipinski definition) is 2. The lowest BCUT2D eigenvalue weighted by Gasteiger charge is -2.29. The number of methoxy groups -OCH3 is 1. The normalized spacial score (nSPS) is 15.8. The van der Waals surface area contributed by atoms with E-state index in [0.717, 1.165) is 22.0 Å². The Bertz CT molecular complexity index is 1140. The van der Waals surface area contributed by atoms with Crippen molar-refractivity contribution in [2.75, 3.05) is 45.5 Å². The molecule has 1 saturated heterocycles. The van der Waals surface area contributed by atoms with Crippen LogP contribution in [0, 0.1) is 0 Å². The SMILES string of the molecule is CN=CC(=CN)c1cc2c(cc1OC)ncc1[nH]c(=O)n(N3CCOCC3)c12. The lowest BCUT2D eigenvalue weighted by molar-refractivity contribution is 0.111. The number of rotatable bonds is 4. The summed E-state index contributed by atoms with van der Waals surface area (Å²) >= 11 is 0. The van der Waals surface area contributed by atoms with Crippen LogP contribution in [0.1, 0.15) is 5.56 Å². The second-order valence-electron chi connectivity index (χ2n) is 6.41. The van der Waals surface area contributed by atoms with Gasteiger partial charge >= 0.3 is 5.69 Å². The van der Waals surface area contributed by atoms with Crippen molar-refractivity contribution < 1.29 is 9.47 Å². The first-order chi connectivity index (χ1) is 13.7. The Hall–Kier alpha value is -3.33. The Morgan fingerprint density at radius 3 is 2.86 bits per heavy atom. The fourth-order valence-electron chi connectivity index (χ4n) is 3.55. The average Bonchev–Trinajstić information content (AvgIpc) is 3.08. The van der Waals surface area contributed by atoms with Gasteiger partial charge in [0.2, 0.25) is 0 Å². The Labute approximate surface area is 161 Å². The number of aliphatic imine (C=N–C) groups is 1. The second-order valence-corrected chi connectivity index (χ2v) is 6.41. The van der Waals surface area contributed by atoms with Gasteiger partial charge in [0, 0.05) is 42.1 Å². The number of imidazole rings is 1. The summed E-state index contributed by atoms with van der Waals surface area (Å²) in [6, 6.07) is 3.78. The van der Waals surface area contributed by atoms with Gasteiger partial charge < -0.3 is 25.2 Å². The largest absolute Gasteiger partial charge is 0.496 e. The number of fused-ring (bicyclic) bond motifs is 3. The van der Waals surface area contributed by atoms with Crippen LogP contribution >= 0.6 is 0 Å². The summed E-state index contributed by atoms with van der Waals surface area (Å²) in [4.78, 5) is 24.2. The fourth-order valence-corrected chi connectivity index (χ4v) is 3.55. The molecule has 0 unspecified atom stereocenters. The highest BCUT2D eigenvalue weighted by Gasteiger charge is 2.20. The molecule has 3 N–H and O–H groups in total. The van der Waals surface area contributed by atoms with Crippen LogP contribution in [-0.4, -0.2) is 61.3 Å². The van der Waals surface area contributed by atoms with Crippen molar-refractivity contribution in [3.63, 3.8) is 0 Å². The van der Waals surface area contributed by atoms with Crippen molar-refractivity contribution in [1.29, 1.82) is 0 Å². The van der Waals surface area contributed by atoms with E-state index in [-0.39, 0.29) is 5.69 Å². The van der Waals surface area contributed by atoms with Crippen molar-refractivity contribution in [2.24, 2.45) is 10.7 Å². The smallest absolute Gasteiger partial charge is 0.345 e. The number of hydrogen-bond acceptors (Lipinski definition) is 7. The highest BCUT2D eigenvalue weighted by atomic mass is 16.5. The van der Waals surface area contributed by atoms with E-state index in [4.69, 9.17) is 15.2 Å². The lowest BCUT2D eigenvalue weighted by atomic mass is 10.0. The van der Waals surface area contributed by atoms with Crippen LogP contribution in [0.15, 0.2) is 34.3 Å². The maximum absolute atomic E-state index is 12.7. The zero-order chi connectivity index (χ0) is 19.7. The molecule has 1 fully saturated rings. The minimum Gasteiger partial charge on any atom is -0.496 e. The van der Waals surface area contributed by atoms with Crippen molar-refractivity contribution >= 4 is 33.7 Å². The number of aromatic amines is 1. The quantitative estimate of drug-likeness (QED) is 0.648. The minimum atomic E-state index is -0.201. The van der Waals surface area contributed by atoms with E-state index in [2.05, 4.69) is 15.0 Å². The topological polar surface area (TPSA) is 111 Å². The molecule has 9 heteroatoms. The Kier molecular flexibility index (Phi) is 4.74.